The lowest BCUT2D eigenvalue weighted by Crippen LogP contribution is -2.06. The summed E-state index contributed by atoms with van der Waals surface area (Å²) in [7, 11) is 1.64. The molecule has 2 rings (SSSR count). The minimum atomic E-state index is 0.0279. The summed E-state index contributed by atoms with van der Waals surface area (Å²) in [5, 5.41) is 0. The second kappa shape index (κ2) is 5.80. The highest BCUT2D eigenvalue weighted by Crippen LogP contribution is 2.27. The molecule has 0 bridgehead atoms. The minimum absolute atomic E-state index is 0.0279. The van der Waals surface area contributed by atoms with Crippen LogP contribution in [0.3, 0.4) is 0 Å². The Labute approximate surface area is 127 Å². The van der Waals surface area contributed by atoms with E-state index < -0.39 is 0 Å². The predicted molar refractivity (Wildman–Crippen MR) is 84.8 cm³/mol. The van der Waals surface area contributed by atoms with Crippen molar-refractivity contribution in [1.29, 1.82) is 0 Å². The lowest BCUT2D eigenvalue weighted by Gasteiger charge is -2.11. The van der Waals surface area contributed by atoms with Gasteiger partial charge in [-0.1, -0.05) is 22.0 Å². The molecule has 3 heteroatoms. The van der Waals surface area contributed by atoms with E-state index in [1.54, 1.807) is 7.11 Å². The molecule has 0 atom stereocenters. The maximum atomic E-state index is 12.7. The van der Waals surface area contributed by atoms with E-state index in [4.69, 9.17) is 4.74 Å². The molecule has 0 spiro atoms. The average Bonchev–Trinajstić information content (AvgIpc) is 2.40. The third kappa shape index (κ3) is 2.78. The number of carbonyl (C=O) groups is 1. The Kier molecular flexibility index (Phi) is 4.29. The summed E-state index contributed by atoms with van der Waals surface area (Å²) in [5.74, 6) is 0.835. The van der Waals surface area contributed by atoms with E-state index in [1.165, 1.54) is 0 Å². The highest BCUT2D eigenvalue weighted by atomic mass is 79.9. The van der Waals surface area contributed by atoms with Crippen LogP contribution in [0.5, 0.6) is 5.75 Å². The van der Waals surface area contributed by atoms with E-state index in [1.807, 2.05) is 51.1 Å². The monoisotopic (exact) mass is 332 g/mol. The Hall–Kier alpha value is -1.61. The highest BCUT2D eigenvalue weighted by Gasteiger charge is 2.16. The number of benzene rings is 2. The summed E-state index contributed by atoms with van der Waals surface area (Å²) in [5.41, 5.74) is 4.40. The van der Waals surface area contributed by atoms with E-state index in [9.17, 15) is 4.79 Å². The molecule has 0 saturated heterocycles. The predicted octanol–water partition coefficient (Wildman–Crippen LogP) is 4.61. The lowest BCUT2D eigenvalue weighted by molar-refractivity contribution is 0.103. The number of carbonyl (C=O) groups excluding carboxylic acids is 1. The van der Waals surface area contributed by atoms with Crippen LogP contribution >= 0.6 is 15.9 Å². The van der Waals surface area contributed by atoms with Crippen LogP contribution in [0.2, 0.25) is 0 Å². The van der Waals surface area contributed by atoms with E-state index in [-0.39, 0.29) is 5.78 Å². The van der Waals surface area contributed by atoms with Crippen molar-refractivity contribution in [3.05, 3.63) is 62.6 Å². The first-order valence-electron chi connectivity index (χ1n) is 6.40. The molecule has 0 saturated carbocycles. The van der Waals surface area contributed by atoms with Gasteiger partial charge in [-0.2, -0.15) is 0 Å². The molecule has 0 aliphatic carbocycles. The van der Waals surface area contributed by atoms with Crippen molar-refractivity contribution >= 4 is 21.7 Å². The first kappa shape index (κ1) is 14.8. The van der Waals surface area contributed by atoms with Crippen molar-refractivity contribution in [2.24, 2.45) is 0 Å². The molecule has 0 heterocycles. The fourth-order valence-corrected chi connectivity index (χ4v) is 2.88. The van der Waals surface area contributed by atoms with Gasteiger partial charge in [0.2, 0.25) is 0 Å². The molecule has 0 aliphatic heterocycles. The Balaban J connectivity index is 2.51. The van der Waals surface area contributed by atoms with Crippen molar-refractivity contribution < 1.29 is 9.53 Å². The molecule has 0 radical (unpaired) electrons. The normalized spacial score (nSPS) is 10.4. The van der Waals surface area contributed by atoms with Gasteiger partial charge in [0.1, 0.15) is 5.75 Å². The molecular weight excluding hydrogens is 316 g/mol. The molecule has 2 aromatic carbocycles. The third-order valence-corrected chi connectivity index (χ3v) is 4.01. The number of aryl methyl sites for hydroxylation is 3. The maximum Gasteiger partial charge on any atom is 0.194 e. The standard InChI is InChI=1S/C17H17BrO2/c1-10-5-6-13(15(18)7-10)17(19)14-8-12(3)16(20-4)9-11(14)2/h5-9H,1-4H3. The SMILES string of the molecule is COc1cc(C)c(C(=O)c2ccc(C)cc2Br)cc1C. The summed E-state index contributed by atoms with van der Waals surface area (Å²) in [6.45, 7) is 5.87. The van der Waals surface area contributed by atoms with Gasteiger partial charge in [-0.15, -0.1) is 0 Å². The molecule has 2 nitrogen and oxygen atoms in total. The van der Waals surface area contributed by atoms with Gasteiger partial charge in [0.25, 0.3) is 0 Å². The van der Waals surface area contributed by atoms with Gasteiger partial charge < -0.3 is 4.74 Å². The van der Waals surface area contributed by atoms with Gasteiger partial charge in [0.05, 0.1) is 7.11 Å². The second-order valence-corrected chi connectivity index (χ2v) is 5.80. The Morgan fingerprint density at radius 1 is 1.00 bits per heavy atom. The smallest absolute Gasteiger partial charge is 0.194 e. The number of methoxy groups -OCH3 is 1. The fraction of sp³-hybridized carbons (Fsp3) is 0.235. The van der Waals surface area contributed by atoms with Crippen molar-refractivity contribution in [3.63, 3.8) is 0 Å². The maximum absolute atomic E-state index is 12.7. The number of ketones is 1. The van der Waals surface area contributed by atoms with Crippen LogP contribution in [-0.2, 0) is 0 Å². The molecule has 20 heavy (non-hydrogen) atoms. The molecule has 0 N–H and O–H groups in total. The summed E-state index contributed by atoms with van der Waals surface area (Å²) < 4.78 is 6.11. The van der Waals surface area contributed by atoms with Gasteiger partial charge in [-0.05, 0) is 61.7 Å². The topological polar surface area (TPSA) is 26.3 Å². The van der Waals surface area contributed by atoms with Crippen molar-refractivity contribution in [2.75, 3.05) is 7.11 Å². The average molecular weight is 333 g/mol. The molecule has 0 unspecified atom stereocenters. The summed E-state index contributed by atoms with van der Waals surface area (Å²) in [6, 6.07) is 9.57. The first-order chi connectivity index (χ1) is 9.43. The Morgan fingerprint density at radius 3 is 2.30 bits per heavy atom. The number of hydrogen-bond donors (Lipinski definition) is 0. The van der Waals surface area contributed by atoms with Crippen molar-refractivity contribution in [1.82, 2.24) is 0 Å². The van der Waals surface area contributed by atoms with Gasteiger partial charge in [-0.25, -0.2) is 0 Å². The van der Waals surface area contributed by atoms with Crippen LogP contribution in [0.4, 0.5) is 0 Å². The van der Waals surface area contributed by atoms with Crippen molar-refractivity contribution in [2.45, 2.75) is 20.8 Å². The highest BCUT2D eigenvalue weighted by molar-refractivity contribution is 9.10. The van der Waals surface area contributed by atoms with Gasteiger partial charge in [-0.3, -0.25) is 4.79 Å². The van der Waals surface area contributed by atoms with Crippen molar-refractivity contribution in [3.8, 4) is 5.75 Å². The second-order valence-electron chi connectivity index (χ2n) is 4.95. The number of rotatable bonds is 3. The molecule has 0 aliphatic rings. The van der Waals surface area contributed by atoms with Gasteiger partial charge in [0, 0.05) is 15.6 Å². The van der Waals surface area contributed by atoms with Gasteiger partial charge in [0.15, 0.2) is 5.78 Å². The lowest BCUT2D eigenvalue weighted by atomic mass is 9.96. The zero-order valence-corrected chi connectivity index (χ0v) is 13.7. The van der Waals surface area contributed by atoms with E-state index in [2.05, 4.69) is 15.9 Å². The fourth-order valence-electron chi connectivity index (χ4n) is 2.20. The third-order valence-electron chi connectivity index (χ3n) is 3.36. The van der Waals surface area contributed by atoms with Crippen LogP contribution in [0, 0.1) is 20.8 Å². The minimum Gasteiger partial charge on any atom is -0.496 e. The number of hydrogen-bond acceptors (Lipinski definition) is 2. The summed E-state index contributed by atoms with van der Waals surface area (Å²) >= 11 is 3.47. The molecule has 0 aromatic heterocycles. The number of ether oxygens (including phenoxy) is 1. The summed E-state index contributed by atoms with van der Waals surface area (Å²) in [4.78, 5) is 12.7. The van der Waals surface area contributed by atoms with E-state index in [0.717, 1.165) is 26.9 Å². The molecule has 0 amide bonds. The van der Waals surface area contributed by atoms with E-state index >= 15 is 0 Å². The van der Waals surface area contributed by atoms with Crippen LogP contribution in [-0.4, -0.2) is 12.9 Å². The summed E-state index contributed by atoms with van der Waals surface area (Å²) in [6.07, 6.45) is 0. The Bertz CT molecular complexity index is 675. The molecule has 2 aromatic rings. The van der Waals surface area contributed by atoms with Crippen LogP contribution in [0.15, 0.2) is 34.8 Å². The van der Waals surface area contributed by atoms with Crippen LogP contribution < -0.4 is 4.74 Å². The zero-order chi connectivity index (χ0) is 14.9. The molecular formula is C17H17BrO2. The Morgan fingerprint density at radius 2 is 1.70 bits per heavy atom. The van der Waals surface area contributed by atoms with Gasteiger partial charge >= 0.3 is 0 Å². The first-order valence-corrected chi connectivity index (χ1v) is 7.19. The molecule has 0 fully saturated rings. The van der Waals surface area contributed by atoms with Crippen LogP contribution in [0.25, 0.3) is 0 Å². The number of halogens is 1. The van der Waals surface area contributed by atoms with E-state index in [0.29, 0.717) is 11.1 Å². The van der Waals surface area contributed by atoms with Crippen LogP contribution in [0.1, 0.15) is 32.6 Å². The largest absolute Gasteiger partial charge is 0.496 e. The molecule has 104 valence electrons. The zero-order valence-electron chi connectivity index (χ0n) is 12.1. The quantitative estimate of drug-likeness (QED) is 0.767.